The van der Waals surface area contributed by atoms with Crippen molar-refractivity contribution in [3.05, 3.63) is 114 Å². The van der Waals surface area contributed by atoms with E-state index in [0.29, 0.717) is 11.3 Å². The summed E-state index contributed by atoms with van der Waals surface area (Å²) in [5.41, 5.74) is 9.29. The molecule has 1 aromatic heterocycles. The summed E-state index contributed by atoms with van der Waals surface area (Å²) in [5.74, 6) is -0.735. The molecule has 0 radical (unpaired) electrons. The molecule has 5 aromatic rings. The molecule has 0 spiro atoms. The zero-order valence-corrected chi connectivity index (χ0v) is 23.4. The van der Waals surface area contributed by atoms with Crippen LogP contribution in [0.3, 0.4) is 0 Å². The maximum atomic E-state index is 15.3. The molecule has 0 saturated carbocycles. The summed E-state index contributed by atoms with van der Waals surface area (Å²) in [6, 6.07) is 30.6. The van der Waals surface area contributed by atoms with Crippen LogP contribution in [-0.4, -0.2) is 8.07 Å². The number of benzene rings is 4. The molecule has 2 nitrogen and oxygen atoms in total. The minimum Gasteiger partial charge on any atom is -0.206 e. The van der Waals surface area contributed by atoms with Gasteiger partial charge in [-0.2, -0.15) is 5.26 Å². The van der Waals surface area contributed by atoms with E-state index in [0.717, 1.165) is 44.5 Å². The van der Waals surface area contributed by atoms with Crippen molar-refractivity contribution < 1.29 is 13.1 Å². The van der Waals surface area contributed by atoms with Gasteiger partial charge in [0.15, 0.2) is 6.20 Å². The second-order valence-electron chi connectivity index (χ2n) is 10.8. The summed E-state index contributed by atoms with van der Waals surface area (Å²) in [5, 5.41) is 12.6. The molecule has 0 bridgehead atoms. The average molecular weight is 529 g/mol. The largest absolute Gasteiger partial charge is 0.215 e. The van der Waals surface area contributed by atoms with Crippen LogP contribution in [0.2, 0.25) is 13.1 Å². The third-order valence-electron chi connectivity index (χ3n) is 8.04. The van der Waals surface area contributed by atoms with Gasteiger partial charge in [-0.05, 0) is 69.2 Å². The zero-order valence-electron chi connectivity index (χ0n) is 25.4. The fourth-order valence-electron chi connectivity index (χ4n) is 6.24. The van der Waals surface area contributed by atoms with Gasteiger partial charge in [-0.25, -0.2) is 8.96 Å². The quantitative estimate of drug-likeness (QED) is 0.184. The van der Waals surface area contributed by atoms with E-state index in [1.54, 1.807) is 11.6 Å². The molecule has 4 heteroatoms. The highest BCUT2D eigenvalue weighted by atomic mass is 28.3. The summed E-state index contributed by atoms with van der Waals surface area (Å²) < 4.78 is 40.3. The van der Waals surface area contributed by atoms with Crippen LogP contribution in [-0.2, 0) is 7.05 Å². The summed E-state index contributed by atoms with van der Waals surface area (Å²) in [7, 11) is -0.710. The molecule has 0 amide bonds. The molecule has 4 aromatic carbocycles. The van der Waals surface area contributed by atoms with Crippen molar-refractivity contribution in [2.45, 2.75) is 26.9 Å². The molecule has 0 fully saturated rings. The first-order valence-corrected chi connectivity index (χ1v) is 16.0. The van der Waals surface area contributed by atoms with Crippen molar-refractivity contribution in [3.8, 4) is 50.7 Å². The molecule has 0 atom stereocenters. The Labute approximate surface area is 234 Å². The Kier molecular flexibility index (Phi) is 5.06. The number of aryl methyl sites for hydroxylation is 3. The average Bonchev–Trinajstić information content (AvgIpc) is 3.20. The van der Waals surface area contributed by atoms with E-state index in [9.17, 15) is 5.26 Å². The van der Waals surface area contributed by atoms with Gasteiger partial charge in [0, 0.05) is 21.3 Å². The van der Waals surface area contributed by atoms with Gasteiger partial charge in [0.05, 0.1) is 11.6 Å². The smallest absolute Gasteiger partial charge is 0.206 e. The van der Waals surface area contributed by atoms with Crippen molar-refractivity contribution in [2.75, 3.05) is 0 Å². The van der Waals surface area contributed by atoms with Crippen molar-refractivity contribution >= 4 is 18.4 Å². The SMILES string of the molecule is [2H]C([2H])([2H])c1c[n+](C)c(-c2c(C)ccc3c2[Si](C)(C)c2c-3ccc(C#N)c2-c2ccc(-c3ccccc3)cc2)cc1F. The molecule has 190 valence electrons. The Bertz CT molecular complexity index is 1920. The normalized spacial score (nSPS) is 14.5. The molecule has 0 unspecified atom stereocenters. The van der Waals surface area contributed by atoms with Crippen LogP contribution >= 0.6 is 0 Å². The Balaban J connectivity index is 1.57. The lowest BCUT2D eigenvalue weighted by Gasteiger charge is -2.25. The number of pyridine rings is 1. The van der Waals surface area contributed by atoms with E-state index >= 15 is 4.39 Å². The first kappa shape index (κ1) is 21.6. The lowest BCUT2D eigenvalue weighted by Crippen LogP contribution is -2.52. The highest BCUT2D eigenvalue weighted by molar-refractivity contribution is 7.05. The molecule has 6 rings (SSSR count). The number of hydrogen-bond donors (Lipinski definition) is 0. The maximum absolute atomic E-state index is 15.3. The van der Waals surface area contributed by atoms with Gasteiger partial charge in [0.25, 0.3) is 0 Å². The van der Waals surface area contributed by atoms with E-state index in [1.165, 1.54) is 22.6 Å². The minimum atomic E-state index is -2.54. The van der Waals surface area contributed by atoms with Crippen LogP contribution in [0, 0.1) is 30.9 Å². The van der Waals surface area contributed by atoms with Crippen LogP contribution in [0.1, 0.15) is 20.8 Å². The first-order chi connectivity index (χ1) is 19.9. The van der Waals surface area contributed by atoms with Crippen LogP contribution in [0.5, 0.6) is 0 Å². The van der Waals surface area contributed by atoms with Gasteiger partial charge < -0.3 is 0 Å². The molecule has 0 N–H and O–H groups in total. The Morgan fingerprint density at radius 1 is 0.795 bits per heavy atom. The molecule has 0 saturated heterocycles. The van der Waals surface area contributed by atoms with Gasteiger partial charge in [0.2, 0.25) is 5.69 Å². The van der Waals surface area contributed by atoms with E-state index in [4.69, 9.17) is 4.11 Å². The summed E-state index contributed by atoms with van der Waals surface area (Å²) in [6.07, 6.45) is 1.39. The van der Waals surface area contributed by atoms with Gasteiger partial charge in [0.1, 0.15) is 20.9 Å². The van der Waals surface area contributed by atoms with Gasteiger partial charge in [-0.15, -0.1) is 0 Å². The minimum absolute atomic E-state index is 0.293. The molecular formula is C35H30FN2Si+. The Hall–Kier alpha value is -4.33. The van der Waals surface area contributed by atoms with Crippen LogP contribution < -0.4 is 14.9 Å². The maximum Gasteiger partial charge on any atom is 0.215 e. The van der Waals surface area contributed by atoms with E-state index in [1.807, 2.05) is 37.3 Å². The highest BCUT2D eigenvalue weighted by Gasteiger charge is 2.43. The number of nitriles is 1. The fourth-order valence-corrected chi connectivity index (χ4v) is 10.1. The standard InChI is InChI=1S/C35H30FN2Si/c1-22-11-17-28-29-18-16-27(20-37)33(26-14-12-25(13-15-26)24-9-7-6-8-10-24)35(29)39(4,5)34(28)32(22)31-19-30(36)23(2)21-38(31)3/h6-19,21H,1-5H3/q+1/i2D3. The van der Waals surface area contributed by atoms with Crippen LogP contribution in [0.15, 0.2) is 91.1 Å². The molecule has 39 heavy (non-hydrogen) atoms. The van der Waals surface area contributed by atoms with E-state index in [2.05, 4.69) is 67.7 Å². The summed E-state index contributed by atoms with van der Waals surface area (Å²) in [6.45, 7) is 4.05. The predicted octanol–water partition coefficient (Wildman–Crippen LogP) is 6.94. The van der Waals surface area contributed by atoms with Crippen molar-refractivity contribution in [2.24, 2.45) is 7.05 Å². The second kappa shape index (κ2) is 9.15. The topological polar surface area (TPSA) is 27.7 Å². The van der Waals surface area contributed by atoms with Crippen molar-refractivity contribution in [3.63, 3.8) is 0 Å². The number of halogens is 1. The lowest BCUT2D eigenvalue weighted by molar-refractivity contribution is -0.661. The monoisotopic (exact) mass is 528 g/mol. The first-order valence-electron chi connectivity index (χ1n) is 14.5. The number of hydrogen-bond acceptors (Lipinski definition) is 1. The van der Waals surface area contributed by atoms with E-state index in [-0.39, 0.29) is 5.56 Å². The predicted molar refractivity (Wildman–Crippen MR) is 160 cm³/mol. The third-order valence-corrected chi connectivity index (χ3v) is 11.6. The van der Waals surface area contributed by atoms with Crippen molar-refractivity contribution in [1.82, 2.24) is 0 Å². The highest BCUT2D eigenvalue weighted by Crippen LogP contribution is 2.39. The Morgan fingerprint density at radius 2 is 1.41 bits per heavy atom. The molecule has 1 aliphatic heterocycles. The van der Waals surface area contributed by atoms with Gasteiger partial charge >= 0.3 is 0 Å². The van der Waals surface area contributed by atoms with Gasteiger partial charge in [-0.3, -0.25) is 0 Å². The summed E-state index contributed by atoms with van der Waals surface area (Å²) in [4.78, 5) is 0. The number of nitrogens with zero attached hydrogens (tertiary/aromatic N) is 2. The number of rotatable bonds is 3. The summed E-state index contributed by atoms with van der Waals surface area (Å²) >= 11 is 0. The second-order valence-corrected chi connectivity index (χ2v) is 15.1. The van der Waals surface area contributed by atoms with E-state index < -0.39 is 20.7 Å². The fraction of sp³-hybridized carbons (Fsp3) is 0.143. The molecule has 0 aliphatic carbocycles. The van der Waals surface area contributed by atoms with Gasteiger partial charge in [-0.1, -0.05) is 85.9 Å². The van der Waals surface area contributed by atoms with Crippen LogP contribution in [0.25, 0.3) is 44.6 Å². The zero-order chi connectivity index (χ0) is 30.0. The number of aromatic nitrogens is 1. The third kappa shape index (κ3) is 3.85. The molecule has 2 heterocycles. The number of fused-ring (bicyclic) bond motifs is 3. The van der Waals surface area contributed by atoms with Crippen molar-refractivity contribution in [1.29, 1.82) is 5.26 Å². The molecule has 1 aliphatic rings. The van der Waals surface area contributed by atoms with Crippen LogP contribution in [0.4, 0.5) is 4.39 Å². The molecular weight excluding hydrogens is 495 g/mol. The lowest BCUT2D eigenvalue weighted by atomic mass is 9.92. The Morgan fingerprint density at radius 3 is 2.08 bits per heavy atom.